The molecule has 0 saturated carbocycles. The van der Waals surface area contributed by atoms with Gasteiger partial charge in [-0.2, -0.15) is 8.78 Å². The maximum absolute atomic E-state index is 12.2. The molecule has 1 N–H and O–H groups in total. The molecule has 20 heavy (non-hydrogen) atoms. The molecule has 0 amide bonds. The normalized spacial score (nSPS) is 10.8. The van der Waals surface area contributed by atoms with E-state index >= 15 is 0 Å². The molecular weight excluding hydrogens is 280 g/mol. The van der Waals surface area contributed by atoms with Crippen LogP contribution < -0.4 is 5.32 Å². The van der Waals surface area contributed by atoms with E-state index in [9.17, 15) is 8.78 Å². The summed E-state index contributed by atoms with van der Waals surface area (Å²) in [6, 6.07) is 8.78. The number of thioether (sulfide) groups is 1. The van der Waals surface area contributed by atoms with Crippen molar-refractivity contribution >= 4 is 17.6 Å². The molecule has 0 atom stereocenters. The first kappa shape index (κ1) is 14.7. The number of hydrogen-bond donors (Lipinski definition) is 1. The summed E-state index contributed by atoms with van der Waals surface area (Å²) < 4.78 is 24.5. The van der Waals surface area contributed by atoms with E-state index in [4.69, 9.17) is 0 Å². The molecule has 0 aliphatic heterocycles. The molecule has 0 bridgehead atoms. The molecule has 3 nitrogen and oxygen atoms in total. The van der Waals surface area contributed by atoms with Crippen LogP contribution in [-0.4, -0.2) is 22.3 Å². The van der Waals surface area contributed by atoms with Gasteiger partial charge in [-0.1, -0.05) is 30.8 Å². The average Bonchev–Trinajstić information content (AvgIpc) is 2.45. The zero-order valence-electron chi connectivity index (χ0n) is 11.0. The number of alkyl halides is 2. The maximum atomic E-state index is 12.2. The molecule has 0 unspecified atom stereocenters. The lowest BCUT2D eigenvalue weighted by atomic mass is 10.1. The van der Waals surface area contributed by atoms with Crippen LogP contribution in [0.3, 0.4) is 0 Å². The van der Waals surface area contributed by atoms with Gasteiger partial charge >= 0.3 is 0 Å². The van der Waals surface area contributed by atoms with Crippen molar-refractivity contribution in [1.82, 2.24) is 9.97 Å². The fourth-order valence-electron chi connectivity index (χ4n) is 1.67. The maximum Gasteiger partial charge on any atom is 0.288 e. The average molecular weight is 295 g/mol. The smallest absolute Gasteiger partial charge is 0.288 e. The van der Waals surface area contributed by atoms with E-state index in [0.29, 0.717) is 16.7 Å². The van der Waals surface area contributed by atoms with Crippen molar-refractivity contribution in [2.75, 3.05) is 11.9 Å². The largest absolute Gasteiger partial charge is 0.370 e. The Labute approximate surface area is 120 Å². The Kier molecular flexibility index (Phi) is 5.29. The van der Waals surface area contributed by atoms with Crippen LogP contribution in [0.2, 0.25) is 0 Å². The lowest BCUT2D eigenvalue weighted by Crippen LogP contribution is -2.02. The topological polar surface area (TPSA) is 37.8 Å². The number of hydrogen-bond acceptors (Lipinski definition) is 4. The molecule has 2 aromatic rings. The van der Waals surface area contributed by atoms with Crippen molar-refractivity contribution in [2.45, 2.75) is 24.0 Å². The zero-order chi connectivity index (χ0) is 14.4. The Morgan fingerprint density at radius 2 is 1.95 bits per heavy atom. The molecule has 0 fully saturated rings. The standard InChI is InChI=1S/C14H15F2N3S/c1-2-7-17-13-8-12(18-9-19-13)10-3-5-11(6-4-10)20-14(15)16/h3-6,8-9,14H,2,7H2,1H3,(H,17,18,19). The summed E-state index contributed by atoms with van der Waals surface area (Å²) >= 11 is 0.538. The lowest BCUT2D eigenvalue weighted by Gasteiger charge is -2.06. The molecule has 1 aromatic carbocycles. The molecule has 0 aliphatic rings. The highest BCUT2D eigenvalue weighted by Crippen LogP contribution is 2.27. The van der Waals surface area contributed by atoms with E-state index in [-0.39, 0.29) is 0 Å². The molecule has 1 heterocycles. The monoisotopic (exact) mass is 295 g/mol. The Morgan fingerprint density at radius 3 is 2.60 bits per heavy atom. The minimum absolute atomic E-state index is 0.538. The summed E-state index contributed by atoms with van der Waals surface area (Å²) in [6.07, 6.45) is 2.51. The fraction of sp³-hybridized carbons (Fsp3) is 0.286. The van der Waals surface area contributed by atoms with Crippen molar-refractivity contribution in [3.63, 3.8) is 0 Å². The molecule has 1 aromatic heterocycles. The molecule has 0 radical (unpaired) electrons. The molecule has 106 valence electrons. The highest BCUT2D eigenvalue weighted by Gasteiger charge is 2.06. The zero-order valence-corrected chi connectivity index (χ0v) is 11.8. The van der Waals surface area contributed by atoms with Gasteiger partial charge in [0.2, 0.25) is 0 Å². The number of anilines is 1. The van der Waals surface area contributed by atoms with Crippen LogP contribution in [0.15, 0.2) is 41.6 Å². The van der Waals surface area contributed by atoms with Crippen LogP contribution >= 0.6 is 11.8 Å². The van der Waals surface area contributed by atoms with Crippen LogP contribution in [0, 0.1) is 0 Å². The summed E-state index contributed by atoms with van der Waals surface area (Å²) in [5, 5.41) is 3.19. The van der Waals surface area contributed by atoms with Gasteiger partial charge in [0.1, 0.15) is 12.1 Å². The second-order valence-corrected chi connectivity index (χ2v) is 5.18. The van der Waals surface area contributed by atoms with Crippen molar-refractivity contribution in [3.05, 3.63) is 36.7 Å². The second-order valence-electron chi connectivity index (χ2n) is 4.12. The van der Waals surface area contributed by atoms with Crippen LogP contribution in [0.25, 0.3) is 11.3 Å². The number of aromatic nitrogens is 2. The highest BCUT2D eigenvalue weighted by molar-refractivity contribution is 7.99. The van der Waals surface area contributed by atoms with Crippen molar-refractivity contribution in [1.29, 1.82) is 0 Å². The highest BCUT2D eigenvalue weighted by atomic mass is 32.2. The first-order valence-electron chi connectivity index (χ1n) is 6.30. The van der Waals surface area contributed by atoms with Gasteiger partial charge in [0.15, 0.2) is 0 Å². The van der Waals surface area contributed by atoms with Crippen LogP contribution in [0.5, 0.6) is 0 Å². The van der Waals surface area contributed by atoms with Crippen molar-refractivity contribution in [2.24, 2.45) is 0 Å². The Morgan fingerprint density at radius 1 is 1.20 bits per heavy atom. The Bertz CT molecular complexity index is 546. The Balaban J connectivity index is 2.14. The quantitative estimate of drug-likeness (QED) is 0.807. The predicted molar refractivity (Wildman–Crippen MR) is 78.1 cm³/mol. The van der Waals surface area contributed by atoms with Gasteiger partial charge in [0, 0.05) is 23.1 Å². The van der Waals surface area contributed by atoms with E-state index < -0.39 is 5.76 Å². The third-order valence-electron chi connectivity index (χ3n) is 2.60. The molecule has 2 rings (SSSR count). The van der Waals surface area contributed by atoms with Gasteiger partial charge in [-0.05, 0) is 18.6 Å². The van der Waals surface area contributed by atoms with Gasteiger partial charge in [-0.3, -0.25) is 0 Å². The van der Waals surface area contributed by atoms with E-state index in [1.54, 1.807) is 24.3 Å². The van der Waals surface area contributed by atoms with Gasteiger partial charge in [0.25, 0.3) is 5.76 Å². The van der Waals surface area contributed by atoms with Crippen LogP contribution in [-0.2, 0) is 0 Å². The predicted octanol–water partition coefficient (Wildman–Crippen LogP) is 4.28. The molecule has 0 saturated heterocycles. The molecular formula is C14H15F2N3S. The van der Waals surface area contributed by atoms with Gasteiger partial charge in [0.05, 0.1) is 5.69 Å². The number of nitrogens with zero attached hydrogens (tertiary/aromatic N) is 2. The van der Waals surface area contributed by atoms with Gasteiger partial charge in [-0.25, -0.2) is 9.97 Å². The number of benzene rings is 1. The molecule has 0 aliphatic carbocycles. The first-order valence-corrected chi connectivity index (χ1v) is 7.18. The van der Waals surface area contributed by atoms with Gasteiger partial charge in [-0.15, -0.1) is 0 Å². The van der Waals surface area contributed by atoms with E-state index in [1.807, 2.05) is 6.07 Å². The summed E-state index contributed by atoms with van der Waals surface area (Å²) in [6.45, 7) is 2.93. The Hall–Kier alpha value is -1.69. The SMILES string of the molecule is CCCNc1cc(-c2ccc(SC(F)F)cc2)ncn1. The summed E-state index contributed by atoms with van der Waals surface area (Å²) in [7, 11) is 0. The van der Waals surface area contributed by atoms with Crippen LogP contribution in [0.4, 0.5) is 14.6 Å². The first-order chi connectivity index (χ1) is 9.69. The number of rotatable bonds is 6. The fourth-order valence-corrected chi connectivity index (χ4v) is 2.17. The van der Waals surface area contributed by atoms with Crippen molar-refractivity contribution < 1.29 is 8.78 Å². The minimum atomic E-state index is -2.40. The number of nitrogens with one attached hydrogen (secondary N) is 1. The van der Waals surface area contributed by atoms with Crippen LogP contribution in [0.1, 0.15) is 13.3 Å². The van der Waals surface area contributed by atoms with Crippen molar-refractivity contribution in [3.8, 4) is 11.3 Å². The minimum Gasteiger partial charge on any atom is -0.370 e. The van der Waals surface area contributed by atoms with E-state index in [0.717, 1.165) is 30.0 Å². The third kappa shape index (κ3) is 4.16. The number of halogens is 2. The lowest BCUT2D eigenvalue weighted by molar-refractivity contribution is 0.252. The molecule has 6 heteroatoms. The van der Waals surface area contributed by atoms with E-state index in [2.05, 4.69) is 22.2 Å². The van der Waals surface area contributed by atoms with Gasteiger partial charge < -0.3 is 5.32 Å². The summed E-state index contributed by atoms with van der Waals surface area (Å²) in [5.41, 5.74) is 1.65. The van der Waals surface area contributed by atoms with E-state index in [1.165, 1.54) is 6.33 Å². The third-order valence-corrected chi connectivity index (χ3v) is 3.32. The summed E-state index contributed by atoms with van der Waals surface area (Å²) in [5.74, 6) is -1.63. The molecule has 0 spiro atoms. The second kappa shape index (κ2) is 7.19. The summed E-state index contributed by atoms with van der Waals surface area (Å²) in [4.78, 5) is 8.88.